The average Bonchev–Trinajstić information content (AvgIpc) is 3.47. The number of carbonyl (C=O) groups is 2. The lowest BCUT2D eigenvalue weighted by atomic mass is 10.0. The number of nitrogens with zero attached hydrogens (tertiary/aromatic N) is 2. The Kier molecular flexibility index (Phi) is 5.94. The number of aromatic amines is 1. The highest BCUT2D eigenvalue weighted by Crippen LogP contribution is 2.19. The van der Waals surface area contributed by atoms with Crippen LogP contribution in [0.25, 0.3) is 21.9 Å². The van der Waals surface area contributed by atoms with Crippen LogP contribution >= 0.6 is 0 Å². The summed E-state index contributed by atoms with van der Waals surface area (Å²) < 4.78 is 6.92. The average molecular weight is 454 g/mol. The first-order valence-corrected chi connectivity index (χ1v) is 10.9. The lowest BCUT2D eigenvalue weighted by Gasteiger charge is -2.19. The maximum absolute atomic E-state index is 13.3. The van der Waals surface area contributed by atoms with Crippen LogP contribution in [0.2, 0.25) is 0 Å². The second-order valence-electron chi connectivity index (χ2n) is 7.90. The molecular weight excluding hydrogens is 430 g/mol. The molecule has 0 bridgehead atoms. The van der Waals surface area contributed by atoms with Crippen LogP contribution in [0.1, 0.15) is 11.1 Å². The third kappa shape index (κ3) is 4.61. The quantitative estimate of drug-likeness (QED) is 0.345. The van der Waals surface area contributed by atoms with E-state index in [0.29, 0.717) is 0 Å². The zero-order valence-corrected chi connectivity index (χ0v) is 18.3. The van der Waals surface area contributed by atoms with Gasteiger partial charge in [-0.25, -0.2) is 14.5 Å². The van der Waals surface area contributed by atoms with E-state index in [9.17, 15) is 9.59 Å². The normalized spacial score (nSPS) is 11.9. The van der Waals surface area contributed by atoms with Gasteiger partial charge in [0.1, 0.15) is 19.0 Å². The standard InChI is InChI=1S/C26H23N5O3/c32-25(30-31-17-28-22-12-6-7-13-24(22)31)23(14-19-15-27-21-11-5-4-10-20(19)21)29-26(33)34-16-18-8-2-1-3-9-18/h1-13,15,17,23,27H,14,16H2,(H,29,33)(H,30,32)/t23-/m0/s1. The Morgan fingerprint density at radius 1 is 0.971 bits per heavy atom. The lowest BCUT2D eigenvalue weighted by Crippen LogP contribution is -2.47. The zero-order chi connectivity index (χ0) is 23.3. The summed E-state index contributed by atoms with van der Waals surface area (Å²) in [4.78, 5) is 33.4. The summed E-state index contributed by atoms with van der Waals surface area (Å²) in [5.41, 5.74) is 7.09. The van der Waals surface area contributed by atoms with Gasteiger partial charge >= 0.3 is 6.09 Å². The van der Waals surface area contributed by atoms with Crippen LogP contribution in [0.3, 0.4) is 0 Å². The fraction of sp³-hybridized carbons (Fsp3) is 0.115. The van der Waals surface area contributed by atoms with Crippen molar-refractivity contribution in [3.63, 3.8) is 0 Å². The minimum atomic E-state index is -0.872. The highest BCUT2D eigenvalue weighted by molar-refractivity contribution is 5.94. The largest absolute Gasteiger partial charge is 0.445 e. The van der Waals surface area contributed by atoms with Crippen molar-refractivity contribution >= 4 is 33.9 Å². The molecule has 0 radical (unpaired) electrons. The predicted octanol–water partition coefficient (Wildman–Crippen LogP) is 4.13. The summed E-state index contributed by atoms with van der Waals surface area (Å²) in [6, 6.07) is 23.8. The number of rotatable bonds is 7. The molecule has 3 aromatic carbocycles. The van der Waals surface area contributed by atoms with E-state index in [0.717, 1.165) is 33.1 Å². The molecule has 0 aliphatic carbocycles. The number of H-pyrrole nitrogens is 1. The number of ether oxygens (including phenoxy) is 1. The zero-order valence-electron chi connectivity index (χ0n) is 18.3. The van der Waals surface area contributed by atoms with Gasteiger partial charge in [-0.05, 0) is 29.3 Å². The molecule has 0 fully saturated rings. The molecule has 0 aliphatic heterocycles. The van der Waals surface area contributed by atoms with E-state index < -0.39 is 12.1 Å². The molecular formula is C26H23N5O3. The number of hydrogen-bond acceptors (Lipinski definition) is 4. The van der Waals surface area contributed by atoms with Gasteiger partial charge < -0.3 is 15.0 Å². The van der Waals surface area contributed by atoms with Crippen LogP contribution in [0.15, 0.2) is 91.4 Å². The Morgan fingerprint density at radius 3 is 2.62 bits per heavy atom. The van der Waals surface area contributed by atoms with Crippen molar-refractivity contribution in [3.8, 4) is 0 Å². The Balaban J connectivity index is 1.35. The van der Waals surface area contributed by atoms with E-state index >= 15 is 0 Å². The van der Waals surface area contributed by atoms with E-state index in [1.54, 1.807) is 11.0 Å². The molecule has 0 spiro atoms. The number of fused-ring (bicyclic) bond motifs is 2. The first kappa shape index (κ1) is 21.3. The van der Waals surface area contributed by atoms with Crippen molar-refractivity contribution in [2.75, 3.05) is 5.43 Å². The van der Waals surface area contributed by atoms with Crippen LogP contribution < -0.4 is 10.7 Å². The van der Waals surface area contributed by atoms with Gasteiger partial charge in [0, 0.05) is 23.5 Å². The Labute approximate surface area is 195 Å². The maximum atomic E-state index is 13.3. The lowest BCUT2D eigenvalue weighted by molar-refractivity contribution is -0.119. The molecule has 34 heavy (non-hydrogen) atoms. The molecule has 8 nitrogen and oxygen atoms in total. The fourth-order valence-electron chi connectivity index (χ4n) is 3.88. The molecule has 2 amide bonds. The van der Waals surface area contributed by atoms with E-state index in [1.165, 1.54) is 0 Å². The summed E-state index contributed by atoms with van der Waals surface area (Å²) in [7, 11) is 0. The molecule has 2 heterocycles. The topological polar surface area (TPSA) is 101 Å². The molecule has 8 heteroatoms. The monoisotopic (exact) mass is 453 g/mol. The van der Waals surface area contributed by atoms with E-state index in [2.05, 4.69) is 20.7 Å². The Hall–Kier alpha value is -4.59. The molecule has 2 aromatic heterocycles. The molecule has 0 unspecified atom stereocenters. The van der Waals surface area contributed by atoms with Crippen LogP contribution in [0.5, 0.6) is 0 Å². The molecule has 1 atom stereocenters. The highest BCUT2D eigenvalue weighted by Gasteiger charge is 2.24. The van der Waals surface area contributed by atoms with Gasteiger partial charge in [0.15, 0.2) is 0 Å². The van der Waals surface area contributed by atoms with Gasteiger partial charge in [0.25, 0.3) is 5.91 Å². The van der Waals surface area contributed by atoms with Crippen molar-refractivity contribution in [3.05, 3.63) is 103 Å². The number of nitrogens with one attached hydrogen (secondary N) is 3. The number of para-hydroxylation sites is 3. The molecule has 5 rings (SSSR count). The van der Waals surface area contributed by atoms with Crippen LogP contribution in [-0.2, 0) is 22.6 Å². The van der Waals surface area contributed by atoms with Gasteiger partial charge in [-0.3, -0.25) is 10.2 Å². The van der Waals surface area contributed by atoms with Gasteiger partial charge in [-0.2, -0.15) is 0 Å². The van der Waals surface area contributed by atoms with Crippen molar-refractivity contribution in [2.24, 2.45) is 0 Å². The van der Waals surface area contributed by atoms with Gasteiger partial charge in [0.05, 0.1) is 11.0 Å². The van der Waals surface area contributed by atoms with Crippen molar-refractivity contribution in [2.45, 2.75) is 19.1 Å². The van der Waals surface area contributed by atoms with Crippen LogP contribution in [0.4, 0.5) is 4.79 Å². The molecule has 0 saturated heterocycles. The first-order chi connectivity index (χ1) is 16.7. The van der Waals surface area contributed by atoms with E-state index in [1.807, 2.05) is 85.1 Å². The molecule has 5 aromatic rings. The molecule has 0 aliphatic rings. The summed E-state index contributed by atoms with van der Waals surface area (Å²) in [6.07, 6.45) is 3.01. The SMILES string of the molecule is O=C(N[C@@H](Cc1c[nH]c2ccccc12)C(=O)Nn1cnc2ccccc21)OCc1ccccc1. The summed E-state index contributed by atoms with van der Waals surface area (Å²) in [6.45, 7) is 0.111. The van der Waals surface area contributed by atoms with Crippen molar-refractivity contribution in [1.82, 2.24) is 20.0 Å². The molecule has 3 N–H and O–H groups in total. The first-order valence-electron chi connectivity index (χ1n) is 10.9. The minimum absolute atomic E-state index is 0.111. The van der Waals surface area contributed by atoms with Crippen molar-refractivity contribution < 1.29 is 14.3 Å². The summed E-state index contributed by atoms with van der Waals surface area (Å²) >= 11 is 0. The number of benzene rings is 3. The number of imidazole rings is 1. The van der Waals surface area contributed by atoms with E-state index in [-0.39, 0.29) is 18.9 Å². The maximum Gasteiger partial charge on any atom is 0.408 e. The number of alkyl carbamates (subject to hydrolysis) is 1. The van der Waals surface area contributed by atoms with Crippen LogP contribution in [-0.4, -0.2) is 32.7 Å². The predicted molar refractivity (Wildman–Crippen MR) is 130 cm³/mol. The number of hydrogen-bond donors (Lipinski definition) is 3. The minimum Gasteiger partial charge on any atom is -0.445 e. The van der Waals surface area contributed by atoms with Gasteiger partial charge in [-0.1, -0.05) is 60.7 Å². The second kappa shape index (κ2) is 9.50. The highest BCUT2D eigenvalue weighted by atomic mass is 16.5. The second-order valence-corrected chi connectivity index (χ2v) is 7.90. The Morgan fingerprint density at radius 2 is 1.74 bits per heavy atom. The van der Waals surface area contributed by atoms with Gasteiger partial charge in [-0.15, -0.1) is 0 Å². The number of aromatic nitrogens is 3. The number of carbonyl (C=O) groups excluding carboxylic acids is 2. The summed E-state index contributed by atoms with van der Waals surface area (Å²) in [5, 5.41) is 3.72. The Bertz CT molecular complexity index is 1440. The smallest absolute Gasteiger partial charge is 0.408 e. The van der Waals surface area contributed by atoms with E-state index in [4.69, 9.17) is 4.74 Å². The van der Waals surface area contributed by atoms with Crippen LogP contribution in [0, 0.1) is 0 Å². The molecule has 170 valence electrons. The third-order valence-electron chi connectivity index (χ3n) is 5.60. The molecule has 0 saturated carbocycles. The van der Waals surface area contributed by atoms with Gasteiger partial charge in [0.2, 0.25) is 0 Å². The van der Waals surface area contributed by atoms with Crippen molar-refractivity contribution in [1.29, 1.82) is 0 Å². The fourth-order valence-corrected chi connectivity index (χ4v) is 3.88. The number of amides is 2. The third-order valence-corrected chi connectivity index (χ3v) is 5.60. The summed E-state index contributed by atoms with van der Waals surface area (Å²) in [5.74, 6) is -0.384.